The van der Waals surface area contributed by atoms with Gasteiger partial charge in [0.15, 0.2) is 11.5 Å². The molecule has 0 saturated carbocycles. The van der Waals surface area contributed by atoms with Crippen molar-refractivity contribution in [2.75, 3.05) is 31.1 Å². The highest BCUT2D eigenvalue weighted by molar-refractivity contribution is 5.56. The molecule has 0 aliphatic carbocycles. The van der Waals surface area contributed by atoms with Gasteiger partial charge in [0, 0.05) is 50.6 Å². The Morgan fingerprint density at radius 3 is 2.94 bits per heavy atom. The maximum Gasteiger partial charge on any atom is 0.157 e. The van der Waals surface area contributed by atoms with Crippen LogP contribution in [0.15, 0.2) is 18.3 Å². The van der Waals surface area contributed by atoms with Crippen molar-refractivity contribution in [1.29, 1.82) is 0 Å². The molecule has 0 atom stereocenters. The smallest absolute Gasteiger partial charge is 0.157 e. The molecule has 0 amide bonds. The summed E-state index contributed by atoms with van der Waals surface area (Å²) in [6.07, 6.45) is 2.88. The van der Waals surface area contributed by atoms with Crippen LogP contribution in [0.3, 0.4) is 0 Å². The summed E-state index contributed by atoms with van der Waals surface area (Å²) in [4.78, 5) is 6.88. The minimum absolute atomic E-state index is 0.880. The van der Waals surface area contributed by atoms with Gasteiger partial charge in [-0.1, -0.05) is 6.92 Å². The van der Waals surface area contributed by atoms with E-state index in [0.717, 1.165) is 44.1 Å². The van der Waals surface area contributed by atoms with Crippen molar-refractivity contribution in [3.8, 4) is 0 Å². The minimum Gasteiger partial charge on any atom is -0.369 e. The number of nitrogens with one attached hydrogen (secondary N) is 1. The molecule has 17 heavy (non-hydrogen) atoms. The Kier molecular flexibility index (Phi) is 2.68. The molecule has 0 aromatic carbocycles. The van der Waals surface area contributed by atoms with Crippen LogP contribution in [0.4, 0.5) is 5.69 Å². The Morgan fingerprint density at radius 2 is 2.18 bits per heavy atom. The number of rotatable bonds is 2. The summed E-state index contributed by atoms with van der Waals surface area (Å²) in [6.45, 7) is 6.30. The van der Waals surface area contributed by atoms with Gasteiger partial charge in [-0.3, -0.25) is 0 Å². The standard InChI is InChI=1S/C12H17N5/c1-2-11-14-12-9-10(3-6-17(12)15-11)16-7-4-13-5-8-16/h3,6,9,13H,2,4-5,7-8H2,1H3. The number of piperazine rings is 1. The predicted molar refractivity (Wildman–Crippen MR) is 67.4 cm³/mol. The lowest BCUT2D eigenvalue weighted by Crippen LogP contribution is -2.43. The van der Waals surface area contributed by atoms with Gasteiger partial charge in [-0.15, -0.1) is 0 Å². The molecule has 1 fully saturated rings. The maximum absolute atomic E-state index is 4.50. The zero-order chi connectivity index (χ0) is 11.7. The molecule has 2 aromatic rings. The molecule has 0 radical (unpaired) electrons. The van der Waals surface area contributed by atoms with E-state index in [9.17, 15) is 0 Å². The van der Waals surface area contributed by atoms with Gasteiger partial charge in [-0.05, 0) is 6.07 Å². The molecule has 3 heterocycles. The van der Waals surface area contributed by atoms with Crippen molar-refractivity contribution in [2.24, 2.45) is 0 Å². The van der Waals surface area contributed by atoms with E-state index in [1.54, 1.807) is 0 Å². The number of pyridine rings is 1. The van der Waals surface area contributed by atoms with Gasteiger partial charge >= 0.3 is 0 Å². The monoisotopic (exact) mass is 231 g/mol. The fourth-order valence-corrected chi connectivity index (χ4v) is 2.19. The largest absolute Gasteiger partial charge is 0.369 e. The van der Waals surface area contributed by atoms with Crippen LogP contribution in [-0.2, 0) is 6.42 Å². The molecule has 2 aromatic heterocycles. The van der Waals surface area contributed by atoms with Gasteiger partial charge in [0.05, 0.1) is 0 Å². The maximum atomic E-state index is 4.50. The van der Waals surface area contributed by atoms with Gasteiger partial charge < -0.3 is 10.2 Å². The Labute approximate surface area is 100 Å². The summed E-state index contributed by atoms with van der Waals surface area (Å²) in [7, 11) is 0. The number of aryl methyl sites for hydroxylation is 1. The van der Waals surface area contributed by atoms with Crippen LogP contribution < -0.4 is 10.2 Å². The average Bonchev–Trinajstić information content (AvgIpc) is 2.81. The van der Waals surface area contributed by atoms with Crippen LogP contribution in [0.2, 0.25) is 0 Å². The third kappa shape index (κ3) is 1.98. The molecule has 0 unspecified atom stereocenters. The SMILES string of the molecule is CCc1nc2cc(N3CCNCC3)ccn2n1. The fraction of sp³-hybridized carbons (Fsp3) is 0.500. The Bertz CT molecular complexity index is 513. The van der Waals surface area contributed by atoms with E-state index in [2.05, 4.69) is 39.4 Å². The lowest BCUT2D eigenvalue weighted by atomic mass is 10.3. The molecule has 0 bridgehead atoms. The lowest BCUT2D eigenvalue weighted by molar-refractivity contribution is 0.589. The van der Waals surface area contributed by atoms with Crippen molar-refractivity contribution in [2.45, 2.75) is 13.3 Å². The highest BCUT2D eigenvalue weighted by atomic mass is 15.3. The first-order valence-corrected chi connectivity index (χ1v) is 6.18. The molecular formula is C12H17N5. The summed E-state index contributed by atoms with van der Waals surface area (Å²) in [5.41, 5.74) is 2.19. The van der Waals surface area contributed by atoms with Crippen LogP contribution >= 0.6 is 0 Å². The second kappa shape index (κ2) is 4.33. The number of hydrogen-bond donors (Lipinski definition) is 1. The molecule has 0 spiro atoms. The second-order valence-corrected chi connectivity index (χ2v) is 4.31. The number of hydrogen-bond acceptors (Lipinski definition) is 4. The second-order valence-electron chi connectivity index (χ2n) is 4.31. The molecule has 1 aliphatic rings. The quantitative estimate of drug-likeness (QED) is 0.826. The van der Waals surface area contributed by atoms with E-state index < -0.39 is 0 Å². The zero-order valence-electron chi connectivity index (χ0n) is 10.1. The Morgan fingerprint density at radius 1 is 1.35 bits per heavy atom. The van der Waals surface area contributed by atoms with Gasteiger partial charge in [-0.2, -0.15) is 5.10 Å². The third-order valence-corrected chi connectivity index (χ3v) is 3.16. The molecule has 1 saturated heterocycles. The van der Waals surface area contributed by atoms with Crippen LogP contribution in [0.5, 0.6) is 0 Å². The zero-order valence-corrected chi connectivity index (χ0v) is 10.1. The van der Waals surface area contributed by atoms with Gasteiger partial charge in [0.2, 0.25) is 0 Å². The topological polar surface area (TPSA) is 45.5 Å². The molecular weight excluding hydrogens is 214 g/mol. The van der Waals surface area contributed by atoms with Crippen molar-refractivity contribution in [3.63, 3.8) is 0 Å². The minimum atomic E-state index is 0.880. The highest BCUT2D eigenvalue weighted by Gasteiger charge is 2.11. The Hall–Kier alpha value is -1.62. The van der Waals surface area contributed by atoms with Gasteiger partial charge in [0.25, 0.3) is 0 Å². The van der Waals surface area contributed by atoms with E-state index >= 15 is 0 Å². The van der Waals surface area contributed by atoms with Crippen LogP contribution in [0.1, 0.15) is 12.7 Å². The number of nitrogens with zero attached hydrogens (tertiary/aromatic N) is 4. The molecule has 3 rings (SSSR count). The average molecular weight is 231 g/mol. The Balaban J connectivity index is 1.94. The van der Waals surface area contributed by atoms with E-state index in [4.69, 9.17) is 0 Å². The molecule has 1 aliphatic heterocycles. The van der Waals surface area contributed by atoms with Crippen molar-refractivity contribution < 1.29 is 0 Å². The van der Waals surface area contributed by atoms with Crippen LogP contribution in [0.25, 0.3) is 5.65 Å². The van der Waals surface area contributed by atoms with E-state index in [1.807, 2.05) is 10.7 Å². The summed E-state index contributed by atoms with van der Waals surface area (Å²) in [6, 6.07) is 4.24. The van der Waals surface area contributed by atoms with Gasteiger partial charge in [0.1, 0.15) is 0 Å². The van der Waals surface area contributed by atoms with E-state index in [-0.39, 0.29) is 0 Å². The van der Waals surface area contributed by atoms with Gasteiger partial charge in [-0.25, -0.2) is 9.50 Å². The van der Waals surface area contributed by atoms with Crippen molar-refractivity contribution in [3.05, 3.63) is 24.2 Å². The van der Waals surface area contributed by atoms with E-state index in [0.29, 0.717) is 0 Å². The number of aromatic nitrogens is 3. The lowest BCUT2D eigenvalue weighted by Gasteiger charge is -2.29. The van der Waals surface area contributed by atoms with Crippen LogP contribution in [-0.4, -0.2) is 40.8 Å². The summed E-state index contributed by atoms with van der Waals surface area (Å²) in [5.74, 6) is 0.905. The van der Waals surface area contributed by atoms with Crippen molar-refractivity contribution in [1.82, 2.24) is 19.9 Å². The van der Waals surface area contributed by atoms with E-state index in [1.165, 1.54) is 5.69 Å². The first-order valence-electron chi connectivity index (χ1n) is 6.18. The molecule has 90 valence electrons. The first kappa shape index (κ1) is 10.5. The molecule has 5 nitrogen and oxygen atoms in total. The first-order chi connectivity index (χ1) is 8.36. The fourth-order valence-electron chi connectivity index (χ4n) is 2.19. The highest BCUT2D eigenvalue weighted by Crippen LogP contribution is 2.16. The number of fused-ring (bicyclic) bond motifs is 1. The summed E-state index contributed by atoms with van der Waals surface area (Å²) in [5, 5.41) is 7.75. The summed E-state index contributed by atoms with van der Waals surface area (Å²) < 4.78 is 1.85. The molecule has 1 N–H and O–H groups in total. The van der Waals surface area contributed by atoms with Crippen LogP contribution in [0, 0.1) is 0 Å². The summed E-state index contributed by atoms with van der Waals surface area (Å²) >= 11 is 0. The normalized spacial score (nSPS) is 16.6. The number of anilines is 1. The molecule has 5 heteroatoms. The van der Waals surface area contributed by atoms with Crippen molar-refractivity contribution >= 4 is 11.3 Å². The predicted octanol–water partition coefficient (Wildman–Crippen LogP) is 0.701. The third-order valence-electron chi connectivity index (χ3n) is 3.16.